The molecule has 0 radical (unpaired) electrons. The van der Waals surface area contributed by atoms with E-state index in [-0.39, 0.29) is 17.1 Å². The van der Waals surface area contributed by atoms with Crippen LogP contribution in [0.25, 0.3) is 0 Å². The van der Waals surface area contributed by atoms with Gasteiger partial charge in [0.05, 0.1) is 21.3 Å². The van der Waals surface area contributed by atoms with Crippen molar-refractivity contribution in [2.75, 3.05) is 35.5 Å². The van der Waals surface area contributed by atoms with Gasteiger partial charge in [-0.1, -0.05) is 73.7 Å². The third-order valence-corrected chi connectivity index (χ3v) is 9.88. The predicted octanol–water partition coefficient (Wildman–Crippen LogP) is 8.67. The van der Waals surface area contributed by atoms with E-state index in [0.717, 1.165) is 31.2 Å². The molecule has 0 saturated carbocycles. The van der Waals surface area contributed by atoms with E-state index in [1.54, 1.807) is 25.1 Å². The van der Waals surface area contributed by atoms with Gasteiger partial charge >= 0.3 is 24.3 Å². The van der Waals surface area contributed by atoms with Crippen molar-refractivity contribution in [2.24, 2.45) is 0 Å². The summed E-state index contributed by atoms with van der Waals surface area (Å²) in [5.41, 5.74) is -7.75. The van der Waals surface area contributed by atoms with Gasteiger partial charge in [-0.25, -0.2) is 9.59 Å². The summed E-state index contributed by atoms with van der Waals surface area (Å²) >= 11 is 0. The summed E-state index contributed by atoms with van der Waals surface area (Å²) in [4.78, 5) is 27.9. The van der Waals surface area contributed by atoms with Crippen molar-refractivity contribution in [1.29, 1.82) is 0 Å². The van der Waals surface area contributed by atoms with Crippen LogP contribution in [-0.2, 0) is 39.7 Å². The highest BCUT2D eigenvalue weighted by Crippen LogP contribution is 2.53. The maximum Gasteiger partial charge on any atom is 0.432 e. The van der Waals surface area contributed by atoms with Crippen molar-refractivity contribution >= 4 is 11.9 Å². The zero-order valence-corrected chi connectivity index (χ0v) is 31.8. The fraction of sp³-hybridized carbons (Fsp3) is 0.366. The van der Waals surface area contributed by atoms with Crippen molar-refractivity contribution in [3.05, 3.63) is 119 Å². The molecule has 0 saturated heterocycles. The van der Waals surface area contributed by atoms with E-state index in [1.165, 1.54) is 69.9 Å². The Hall–Kier alpha value is -5.48. The number of esters is 2. The molecule has 57 heavy (non-hydrogen) atoms. The summed E-state index contributed by atoms with van der Waals surface area (Å²) in [5.74, 6) is -3.37. The lowest BCUT2D eigenvalue weighted by Crippen LogP contribution is -2.54. The summed E-state index contributed by atoms with van der Waals surface area (Å²) in [5, 5.41) is 0. The maximum atomic E-state index is 15.0. The summed E-state index contributed by atoms with van der Waals surface area (Å²) in [7, 11) is 5.53. The number of ether oxygens (including phenoxy) is 8. The minimum Gasteiger partial charge on any atom is -0.493 e. The lowest BCUT2D eigenvalue weighted by atomic mass is 9.89. The predicted molar refractivity (Wildman–Crippen MR) is 191 cm³/mol. The number of hydrogen-bond donors (Lipinski definition) is 0. The summed E-state index contributed by atoms with van der Waals surface area (Å²) in [6.07, 6.45) is -15.4. The van der Waals surface area contributed by atoms with Gasteiger partial charge in [0.2, 0.25) is 0 Å². The molecule has 0 aromatic heterocycles. The van der Waals surface area contributed by atoms with Crippen LogP contribution in [0.4, 0.5) is 26.3 Å². The van der Waals surface area contributed by atoms with Crippen molar-refractivity contribution in [3.8, 4) is 23.0 Å². The van der Waals surface area contributed by atoms with Gasteiger partial charge in [0.25, 0.3) is 11.2 Å². The number of carbonyl (C=O) groups excluding carboxylic acids is 2. The van der Waals surface area contributed by atoms with Crippen LogP contribution in [0.1, 0.15) is 59.8 Å². The minimum absolute atomic E-state index is 0.0274. The fourth-order valence-electron chi connectivity index (χ4n) is 6.93. The van der Waals surface area contributed by atoms with Gasteiger partial charge in [0.1, 0.15) is 12.2 Å². The Balaban J connectivity index is 1.65. The molecule has 0 amide bonds. The molecule has 1 aliphatic heterocycles. The molecule has 4 aromatic carbocycles. The van der Waals surface area contributed by atoms with Crippen LogP contribution in [0, 0.1) is 0 Å². The zero-order valence-electron chi connectivity index (χ0n) is 31.8. The monoisotopic (exact) mass is 806 g/mol. The number of carbonyl (C=O) groups is 2. The molecular formula is C41H40F6O10. The van der Waals surface area contributed by atoms with Gasteiger partial charge in [-0.3, -0.25) is 0 Å². The quantitative estimate of drug-likeness (QED) is 0.0908. The molecule has 1 aliphatic rings. The van der Waals surface area contributed by atoms with Crippen molar-refractivity contribution in [3.63, 3.8) is 0 Å². The molecular weight excluding hydrogens is 766 g/mol. The Morgan fingerprint density at radius 3 is 1.58 bits per heavy atom. The first-order chi connectivity index (χ1) is 26.9. The van der Waals surface area contributed by atoms with Crippen LogP contribution >= 0.6 is 0 Å². The topological polar surface area (TPSA) is 108 Å². The van der Waals surface area contributed by atoms with E-state index in [4.69, 9.17) is 37.9 Å². The number of halogens is 6. The van der Waals surface area contributed by atoms with E-state index in [1.807, 2.05) is 0 Å². The summed E-state index contributed by atoms with van der Waals surface area (Å²) in [6, 6.07) is 19.6. The molecule has 0 unspecified atom stereocenters. The molecule has 5 rings (SSSR count). The normalized spacial score (nSPS) is 18.5. The molecule has 0 bridgehead atoms. The SMILES string of the molecule is COc1ccc([C@H]2Oc3c(OC)cc([C@H](OC(=O)[C@](OC)(c4ccccc4)C(F)(F)F)[C@H](C)OC(=O)[C@](OC)(c4ccccc4)C(F)(F)F)cc3[C@@H]2C)cc1OC. The third-order valence-electron chi connectivity index (χ3n) is 9.88. The van der Waals surface area contributed by atoms with Crippen LogP contribution in [0.3, 0.4) is 0 Å². The van der Waals surface area contributed by atoms with Gasteiger partial charge in [-0.05, 0) is 36.8 Å². The second kappa shape index (κ2) is 16.5. The van der Waals surface area contributed by atoms with Gasteiger partial charge in [-0.2, -0.15) is 26.3 Å². The molecule has 306 valence electrons. The molecule has 0 fully saturated rings. The average molecular weight is 807 g/mol. The first kappa shape index (κ1) is 42.7. The molecule has 6 atom stereocenters. The molecule has 0 spiro atoms. The Bertz CT molecular complexity index is 2040. The van der Waals surface area contributed by atoms with Gasteiger partial charge < -0.3 is 37.9 Å². The third kappa shape index (κ3) is 7.55. The largest absolute Gasteiger partial charge is 0.493 e. The van der Waals surface area contributed by atoms with E-state index in [0.29, 0.717) is 36.8 Å². The highest BCUT2D eigenvalue weighted by Gasteiger charge is 2.66. The molecule has 0 N–H and O–H groups in total. The number of hydrogen-bond acceptors (Lipinski definition) is 10. The first-order valence-corrected chi connectivity index (χ1v) is 17.3. The minimum atomic E-state index is -5.43. The first-order valence-electron chi connectivity index (χ1n) is 17.3. The van der Waals surface area contributed by atoms with E-state index in [9.17, 15) is 22.8 Å². The molecule has 0 aliphatic carbocycles. The molecule has 4 aromatic rings. The lowest BCUT2D eigenvalue weighted by Gasteiger charge is -2.36. The van der Waals surface area contributed by atoms with Gasteiger partial charge in [0, 0.05) is 42.4 Å². The second-order valence-electron chi connectivity index (χ2n) is 13.0. The van der Waals surface area contributed by atoms with E-state index >= 15 is 13.2 Å². The van der Waals surface area contributed by atoms with Crippen molar-refractivity contribution < 1.29 is 73.8 Å². The Morgan fingerprint density at radius 2 is 1.12 bits per heavy atom. The fourth-order valence-corrected chi connectivity index (χ4v) is 6.93. The maximum absolute atomic E-state index is 15.0. The van der Waals surface area contributed by atoms with Crippen LogP contribution in [-0.4, -0.2) is 65.9 Å². The smallest absolute Gasteiger partial charge is 0.432 e. The molecule has 10 nitrogen and oxygen atoms in total. The highest BCUT2D eigenvalue weighted by molar-refractivity contribution is 5.84. The number of fused-ring (bicyclic) bond motifs is 1. The van der Waals surface area contributed by atoms with Crippen LogP contribution in [0.5, 0.6) is 23.0 Å². The van der Waals surface area contributed by atoms with Crippen LogP contribution < -0.4 is 18.9 Å². The van der Waals surface area contributed by atoms with Gasteiger partial charge in [-0.15, -0.1) is 0 Å². The van der Waals surface area contributed by atoms with Gasteiger partial charge in [0.15, 0.2) is 29.1 Å². The average Bonchev–Trinajstić information content (AvgIpc) is 3.52. The summed E-state index contributed by atoms with van der Waals surface area (Å²) in [6.45, 7) is 2.85. The number of benzene rings is 4. The second-order valence-corrected chi connectivity index (χ2v) is 13.0. The van der Waals surface area contributed by atoms with Crippen molar-refractivity contribution in [2.45, 2.75) is 61.6 Å². The zero-order chi connectivity index (χ0) is 41.9. The number of rotatable bonds is 14. The lowest BCUT2D eigenvalue weighted by molar-refractivity contribution is -0.285. The van der Waals surface area contributed by atoms with Crippen LogP contribution in [0.2, 0.25) is 0 Å². The highest BCUT2D eigenvalue weighted by atomic mass is 19.4. The summed E-state index contributed by atoms with van der Waals surface area (Å²) < 4.78 is 133. The van der Waals surface area contributed by atoms with E-state index < -0.39 is 70.9 Å². The molecule has 16 heteroatoms. The Morgan fingerprint density at radius 1 is 0.632 bits per heavy atom. The number of methoxy groups -OCH3 is 5. The van der Waals surface area contributed by atoms with Crippen LogP contribution in [0.15, 0.2) is 91.0 Å². The van der Waals surface area contributed by atoms with E-state index in [2.05, 4.69) is 0 Å². The Labute approximate surface area is 324 Å². The number of alkyl halides is 6. The van der Waals surface area contributed by atoms with Crippen molar-refractivity contribution in [1.82, 2.24) is 0 Å². The standard InChI is InChI=1S/C41H40F6O10/c1-23-29-20-26(22-32(52-5)35(29)56-33(23)25-18-19-30(50-3)31(21-25)51-4)34(57-37(49)39(54-7,41(45,46)47)28-16-12-9-13-17-28)24(2)55-36(48)38(53-6,40(42,43)44)27-14-10-8-11-15-27/h8-24,33-34H,1-7H3/t23-,24-,33-,34+,38+,39+/m0/s1. The Kier molecular flexibility index (Phi) is 12.4. The molecule has 1 heterocycles.